The Balaban J connectivity index is 1.62. The molecule has 0 aliphatic heterocycles. The number of nitrogens with two attached hydrogens (primary N) is 1. The van der Waals surface area contributed by atoms with Gasteiger partial charge in [-0.25, -0.2) is 0 Å². The van der Waals surface area contributed by atoms with Crippen LogP contribution in [0, 0.1) is 0 Å². The average Bonchev–Trinajstić information content (AvgIpc) is 3.04. The standard InChI is InChI=1S/C13H17N5O3/c14-13(18-19)10-1-3-11(4-2-10)20-8-7-15-6-5-12-16-9-17-21-12/h1-4,9,15,19H,5-8H2,(H2,14,18). The Labute approximate surface area is 121 Å². The van der Waals surface area contributed by atoms with E-state index in [1.165, 1.54) is 6.33 Å². The highest BCUT2D eigenvalue weighted by Crippen LogP contribution is 2.11. The van der Waals surface area contributed by atoms with Gasteiger partial charge >= 0.3 is 0 Å². The molecular formula is C13H17N5O3. The molecule has 0 atom stereocenters. The molecule has 0 aliphatic carbocycles. The first-order chi connectivity index (χ1) is 10.3. The molecule has 0 unspecified atom stereocenters. The SMILES string of the molecule is N/C(=N/O)c1ccc(OCCNCCc2ncno2)cc1. The zero-order valence-electron chi connectivity index (χ0n) is 11.4. The van der Waals surface area contributed by atoms with Crippen molar-refractivity contribution in [2.45, 2.75) is 6.42 Å². The van der Waals surface area contributed by atoms with E-state index in [9.17, 15) is 0 Å². The molecule has 0 saturated heterocycles. The zero-order chi connectivity index (χ0) is 14.9. The van der Waals surface area contributed by atoms with Crippen molar-refractivity contribution in [3.05, 3.63) is 42.0 Å². The van der Waals surface area contributed by atoms with Gasteiger partial charge in [-0.3, -0.25) is 0 Å². The minimum absolute atomic E-state index is 0.0734. The molecule has 0 radical (unpaired) electrons. The lowest BCUT2D eigenvalue weighted by molar-refractivity contribution is 0.312. The minimum Gasteiger partial charge on any atom is -0.492 e. The molecule has 4 N–H and O–H groups in total. The molecule has 0 aliphatic rings. The van der Waals surface area contributed by atoms with Gasteiger partial charge in [0, 0.05) is 25.1 Å². The van der Waals surface area contributed by atoms with Crippen molar-refractivity contribution in [1.82, 2.24) is 15.5 Å². The first-order valence-electron chi connectivity index (χ1n) is 6.46. The summed E-state index contributed by atoms with van der Waals surface area (Å²) in [5, 5.41) is 18.2. The van der Waals surface area contributed by atoms with Crippen LogP contribution in [0.25, 0.3) is 0 Å². The van der Waals surface area contributed by atoms with Crippen LogP contribution in [0.3, 0.4) is 0 Å². The van der Waals surface area contributed by atoms with Crippen molar-refractivity contribution >= 4 is 5.84 Å². The Bertz CT molecular complexity index is 554. The van der Waals surface area contributed by atoms with E-state index in [1.807, 2.05) is 0 Å². The number of amidine groups is 1. The van der Waals surface area contributed by atoms with Gasteiger partial charge in [0.2, 0.25) is 5.89 Å². The third-order valence-corrected chi connectivity index (χ3v) is 2.73. The molecule has 112 valence electrons. The van der Waals surface area contributed by atoms with Gasteiger partial charge in [0.25, 0.3) is 0 Å². The van der Waals surface area contributed by atoms with Crippen molar-refractivity contribution in [2.75, 3.05) is 19.7 Å². The number of nitrogens with one attached hydrogen (secondary N) is 1. The molecule has 0 spiro atoms. The van der Waals surface area contributed by atoms with E-state index in [0.29, 0.717) is 31.0 Å². The molecule has 8 nitrogen and oxygen atoms in total. The van der Waals surface area contributed by atoms with E-state index in [4.69, 9.17) is 20.2 Å². The van der Waals surface area contributed by atoms with Crippen LogP contribution in [0.5, 0.6) is 5.75 Å². The van der Waals surface area contributed by atoms with E-state index in [1.54, 1.807) is 24.3 Å². The lowest BCUT2D eigenvalue weighted by Gasteiger charge is -2.07. The third kappa shape index (κ3) is 4.77. The third-order valence-electron chi connectivity index (χ3n) is 2.73. The Morgan fingerprint density at radius 2 is 2.14 bits per heavy atom. The van der Waals surface area contributed by atoms with Crippen LogP contribution >= 0.6 is 0 Å². The van der Waals surface area contributed by atoms with Crippen molar-refractivity contribution in [2.24, 2.45) is 10.9 Å². The van der Waals surface area contributed by atoms with Gasteiger partial charge in [-0.05, 0) is 24.3 Å². The Morgan fingerprint density at radius 1 is 1.33 bits per heavy atom. The molecule has 2 rings (SSSR count). The molecule has 2 aromatic rings. The Morgan fingerprint density at radius 3 is 2.81 bits per heavy atom. The number of hydrogen-bond donors (Lipinski definition) is 3. The van der Waals surface area contributed by atoms with Crippen molar-refractivity contribution in [1.29, 1.82) is 0 Å². The number of aromatic nitrogens is 2. The maximum absolute atomic E-state index is 8.56. The first kappa shape index (κ1) is 14.8. The fourth-order valence-corrected chi connectivity index (χ4v) is 1.65. The minimum atomic E-state index is 0.0734. The van der Waals surface area contributed by atoms with Gasteiger partial charge < -0.3 is 25.5 Å². The summed E-state index contributed by atoms with van der Waals surface area (Å²) < 4.78 is 10.4. The summed E-state index contributed by atoms with van der Waals surface area (Å²) in [6, 6.07) is 7.00. The summed E-state index contributed by atoms with van der Waals surface area (Å²) in [5.74, 6) is 1.41. The molecule has 1 aromatic carbocycles. The smallest absolute Gasteiger partial charge is 0.227 e. The molecule has 1 aromatic heterocycles. The molecule has 0 amide bonds. The Kier molecular flexibility index (Phi) is 5.53. The molecular weight excluding hydrogens is 274 g/mol. The summed E-state index contributed by atoms with van der Waals surface area (Å²) in [4.78, 5) is 3.92. The van der Waals surface area contributed by atoms with E-state index < -0.39 is 0 Å². The van der Waals surface area contributed by atoms with Crippen LogP contribution in [-0.4, -0.2) is 40.9 Å². The summed E-state index contributed by atoms with van der Waals surface area (Å²) >= 11 is 0. The average molecular weight is 291 g/mol. The van der Waals surface area contributed by atoms with Crippen LogP contribution < -0.4 is 15.8 Å². The highest BCUT2D eigenvalue weighted by molar-refractivity contribution is 5.97. The largest absolute Gasteiger partial charge is 0.492 e. The second-order valence-corrected chi connectivity index (χ2v) is 4.19. The maximum Gasteiger partial charge on any atom is 0.227 e. The van der Waals surface area contributed by atoms with Crippen LogP contribution in [0.15, 0.2) is 40.3 Å². The lowest BCUT2D eigenvalue weighted by atomic mass is 10.2. The van der Waals surface area contributed by atoms with E-state index in [0.717, 1.165) is 12.3 Å². The molecule has 0 bridgehead atoms. The second-order valence-electron chi connectivity index (χ2n) is 4.19. The first-order valence-corrected chi connectivity index (χ1v) is 6.46. The maximum atomic E-state index is 8.56. The van der Waals surface area contributed by atoms with E-state index in [2.05, 4.69) is 20.6 Å². The monoisotopic (exact) mass is 291 g/mol. The molecule has 21 heavy (non-hydrogen) atoms. The number of oxime groups is 1. The van der Waals surface area contributed by atoms with Crippen LogP contribution in [0.2, 0.25) is 0 Å². The van der Waals surface area contributed by atoms with Gasteiger partial charge in [-0.1, -0.05) is 10.3 Å². The highest BCUT2D eigenvalue weighted by atomic mass is 16.5. The quantitative estimate of drug-likeness (QED) is 0.211. The van der Waals surface area contributed by atoms with Gasteiger partial charge in [0.05, 0.1) is 0 Å². The molecule has 8 heteroatoms. The van der Waals surface area contributed by atoms with Crippen molar-refractivity contribution in [3.8, 4) is 5.75 Å². The summed E-state index contributed by atoms with van der Waals surface area (Å²) in [6.07, 6.45) is 2.07. The number of ether oxygens (including phenoxy) is 1. The normalized spacial score (nSPS) is 11.5. The summed E-state index contributed by atoms with van der Waals surface area (Å²) in [5.41, 5.74) is 6.11. The van der Waals surface area contributed by atoms with Gasteiger partial charge in [-0.15, -0.1) is 0 Å². The van der Waals surface area contributed by atoms with Crippen LogP contribution in [-0.2, 0) is 6.42 Å². The second kappa shape index (κ2) is 7.85. The highest BCUT2D eigenvalue weighted by Gasteiger charge is 2.00. The summed E-state index contributed by atoms with van der Waals surface area (Å²) in [7, 11) is 0. The fraction of sp³-hybridized carbons (Fsp3) is 0.308. The van der Waals surface area contributed by atoms with Crippen molar-refractivity contribution < 1.29 is 14.5 Å². The van der Waals surface area contributed by atoms with Gasteiger partial charge in [0.1, 0.15) is 12.4 Å². The molecule has 1 heterocycles. The predicted octanol–water partition coefficient (Wildman–Crippen LogP) is 0.375. The number of hydrogen-bond acceptors (Lipinski definition) is 7. The van der Waals surface area contributed by atoms with Crippen LogP contribution in [0.1, 0.15) is 11.5 Å². The lowest BCUT2D eigenvalue weighted by Crippen LogP contribution is -2.23. The number of rotatable bonds is 8. The fourth-order valence-electron chi connectivity index (χ4n) is 1.65. The topological polar surface area (TPSA) is 119 Å². The molecule has 0 saturated carbocycles. The van der Waals surface area contributed by atoms with Gasteiger partial charge in [-0.2, -0.15) is 4.98 Å². The zero-order valence-corrected chi connectivity index (χ0v) is 11.4. The number of nitrogens with zero attached hydrogens (tertiary/aromatic N) is 3. The number of benzene rings is 1. The van der Waals surface area contributed by atoms with Gasteiger partial charge in [0.15, 0.2) is 12.2 Å². The predicted molar refractivity (Wildman–Crippen MR) is 75.3 cm³/mol. The van der Waals surface area contributed by atoms with Crippen LogP contribution in [0.4, 0.5) is 0 Å². The summed E-state index contributed by atoms with van der Waals surface area (Å²) in [6.45, 7) is 1.98. The Hall–Kier alpha value is -2.61. The van der Waals surface area contributed by atoms with E-state index in [-0.39, 0.29) is 5.84 Å². The van der Waals surface area contributed by atoms with E-state index >= 15 is 0 Å². The van der Waals surface area contributed by atoms with Crippen molar-refractivity contribution in [3.63, 3.8) is 0 Å². The molecule has 0 fully saturated rings.